The van der Waals surface area contributed by atoms with E-state index >= 15 is 0 Å². The highest BCUT2D eigenvalue weighted by Crippen LogP contribution is 2.30. The molecule has 1 heterocycles. The molecule has 0 fully saturated rings. The molecule has 0 aliphatic carbocycles. The van der Waals surface area contributed by atoms with Crippen LogP contribution in [-0.4, -0.2) is 32.9 Å². The van der Waals surface area contributed by atoms with Gasteiger partial charge in [0.1, 0.15) is 11.3 Å². The smallest absolute Gasteiger partial charge is 0.336 e. The molecule has 0 saturated heterocycles. The Labute approximate surface area is 182 Å². The molecule has 1 aromatic heterocycles. The van der Waals surface area contributed by atoms with Crippen LogP contribution in [0.4, 0.5) is 5.69 Å². The first-order chi connectivity index (χ1) is 14.7. The number of hydrogen-bond donors (Lipinski definition) is 1. The molecule has 1 N–H and O–H groups in total. The van der Waals surface area contributed by atoms with E-state index in [-0.39, 0.29) is 4.90 Å². The maximum absolute atomic E-state index is 12.9. The van der Waals surface area contributed by atoms with Crippen molar-refractivity contribution < 1.29 is 17.6 Å². The topological polar surface area (TPSA) is 88.9 Å². The van der Waals surface area contributed by atoms with Crippen molar-refractivity contribution in [2.45, 2.75) is 39.1 Å². The van der Waals surface area contributed by atoms with E-state index in [1.54, 1.807) is 26.0 Å². The van der Waals surface area contributed by atoms with Gasteiger partial charge in [-0.1, -0.05) is 26.0 Å². The number of hydrogen-bond acceptors (Lipinski definition) is 6. The lowest BCUT2D eigenvalue weighted by Crippen LogP contribution is -2.30. The first kappa shape index (κ1) is 22.8. The van der Waals surface area contributed by atoms with Gasteiger partial charge in [-0.2, -0.15) is 4.31 Å². The van der Waals surface area contributed by atoms with Crippen LogP contribution in [0.2, 0.25) is 0 Å². The Morgan fingerprint density at radius 3 is 2.42 bits per heavy atom. The van der Waals surface area contributed by atoms with Gasteiger partial charge in [-0.3, -0.25) is 0 Å². The molecule has 0 amide bonds. The maximum atomic E-state index is 12.9. The van der Waals surface area contributed by atoms with Crippen molar-refractivity contribution in [3.8, 4) is 5.75 Å². The molecular formula is C23H28N2O5S. The predicted molar refractivity (Wildman–Crippen MR) is 122 cm³/mol. The molecule has 166 valence electrons. The number of aryl methyl sites for hydroxylation is 2. The molecule has 7 nitrogen and oxygen atoms in total. The minimum atomic E-state index is -3.61. The molecule has 0 saturated carbocycles. The molecule has 0 radical (unpaired) electrons. The zero-order valence-electron chi connectivity index (χ0n) is 18.5. The van der Waals surface area contributed by atoms with E-state index in [1.165, 1.54) is 23.5 Å². The minimum Gasteiger partial charge on any atom is -0.495 e. The van der Waals surface area contributed by atoms with E-state index in [0.717, 1.165) is 22.1 Å². The molecule has 0 unspecified atom stereocenters. The average molecular weight is 445 g/mol. The van der Waals surface area contributed by atoms with E-state index in [0.29, 0.717) is 36.7 Å². The third kappa shape index (κ3) is 4.45. The quantitative estimate of drug-likeness (QED) is 0.527. The molecule has 2 aromatic carbocycles. The summed E-state index contributed by atoms with van der Waals surface area (Å²) >= 11 is 0. The minimum absolute atomic E-state index is 0.184. The van der Waals surface area contributed by atoms with Gasteiger partial charge in [0.15, 0.2) is 0 Å². The van der Waals surface area contributed by atoms with Crippen molar-refractivity contribution in [2.24, 2.45) is 0 Å². The summed E-state index contributed by atoms with van der Waals surface area (Å²) in [5.74, 6) is 0.512. The Hall–Kier alpha value is -2.84. The third-order valence-electron chi connectivity index (χ3n) is 5.50. The second-order valence-electron chi connectivity index (χ2n) is 7.28. The van der Waals surface area contributed by atoms with Gasteiger partial charge in [-0.15, -0.1) is 0 Å². The molecule has 0 aliphatic heterocycles. The zero-order chi connectivity index (χ0) is 22.8. The normalized spacial score (nSPS) is 11.8. The van der Waals surface area contributed by atoms with Crippen LogP contribution >= 0.6 is 0 Å². The highest BCUT2D eigenvalue weighted by atomic mass is 32.2. The first-order valence-corrected chi connectivity index (χ1v) is 11.6. The molecule has 8 heteroatoms. The number of benzene rings is 2. The Morgan fingerprint density at radius 1 is 1.06 bits per heavy atom. The number of nitrogens with one attached hydrogen (secondary N) is 1. The zero-order valence-corrected chi connectivity index (χ0v) is 19.3. The van der Waals surface area contributed by atoms with Crippen LogP contribution in [-0.2, 0) is 16.6 Å². The molecular weight excluding hydrogens is 416 g/mol. The summed E-state index contributed by atoms with van der Waals surface area (Å²) in [6.07, 6.45) is 0. The van der Waals surface area contributed by atoms with Crippen LogP contribution in [0.15, 0.2) is 50.5 Å². The first-order valence-electron chi connectivity index (χ1n) is 10.2. The van der Waals surface area contributed by atoms with Gasteiger partial charge in [-0.05, 0) is 48.7 Å². The highest BCUT2D eigenvalue weighted by molar-refractivity contribution is 7.89. The number of methoxy groups -OCH3 is 1. The lowest BCUT2D eigenvalue weighted by atomic mass is 10.0. The van der Waals surface area contributed by atoms with E-state index in [9.17, 15) is 13.2 Å². The molecule has 0 spiro atoms. The van der Waals surface area contributed by atoms with Crippen molar-refractivity contribution >= 4 is 26.7 Å². The second-order valence-corrected chi connectivity index (χ2v) is 9.22. The van der Waals surface area contributed by atoms with Crippen molar-refractivity contribution in [2.75, 3.05) is 25.5 Å². The number of fused-ring (bicyclic) bond motifs is 1. The highest BCUT2D eigenvalue weighted by Gasteiger charge is 2.23. The Balaban J connectivity index is 2.00. The summed E-state index contributed by atoms with van der Waals surface area (Å²) in [5.41, 5.74) is 3.38. The van der Waals surface area contributed by atoms with Crippen LogP contribution < -0.4 is 15.7 Å². The standard InChI is InChI=1S/C23H28N2O5S/c1-6-25(7-2)31(27,28)18-9-11-21(29-5)20(13-18)24-14-17-12-22(26)30-23-16(4)15(3)8-10-19(17)23/h8-13,24H,6-7,14H2,1-5H3. The van der Waals surface area contributed by atoms with Crippen LogP contribution in [0, 0.1) is 13.8 Å². The van der Waals surface area contributed by atoms with Gasteiger partial charge in [0.25, 0.3) is 0 Å². The third-order valence-corrected chi connectivity index (χ3v) is 7.55. The van der Waals surface area contributed by atoms with Crippen LogP contribution in [0.3, 0.4) is 0 Å². The number of sulfonamides is 1. The number of nitrogens with zero attached hydrogens (tertiary/aromatic N) is 1. The monoisotopic (exact) mass is 444 g/mol. The van der Waals surface area contributed by atoms with Crippen LogP contribution in [0.5, 0.6) is 5.75 Å². The predicted octanol–water partition coefficient (Wildman–Crippen LogP) is 4.06. The largest absolute Gasteiger partial charge is 0.495 e. The summed E-state index contributed by atoms with van der Waals surface area (Å²) < 4.78 is 38.1. The average Bonchev–Trinajstić information content (AvgIpc) is 2.75. The fraction of sp³-hybridized carbons (Fsp3) is 0.348. The Bertz CT molecular complexity index is 1260. The fourth-order valence-corrected chi connectivity index (χ4v) is 5.04. The summed E-state index contributed by atoms with van der Waals surface area (Å²) in [5, 5.41) is 4.07. The van der Waals surface area contributed by atoms with Crippen LogP contribution in [0.25, 0.3) is 11.0 Å². The van der Waals surface area contributed by atoms with Crippen molar-refractivity contribution in [1.82, 2.24) is 4.31 Å². The van der Waals surface area contributed by atoms with Crippen molar-refractivity contribution in [3.63, 3.8) is 0 Å². The summed E-state index contributed by atoms with van der Waals surface area (Å²) in [6.45, 7) is 8.57. The maximum Gasteiger partial charge on any atom is 0.336 e. The molecule has 0 bridgehead atoms. The van der Waals surface area contributed by atoms with Gasteiger partial charge in [-0.25, -0.2) is 13.2 Å². The van der Waals surface area contributed by atoms with E-state index < -0.39 is 15.6 Å². The molecule has 3 rings (SSSR count). The number of anilines is 1. The molecule has 3 aromatic rings. The Kier molecular flexibility index (Phi) is 6.71. The van der Waals surface area contributed by atoms with Gasteiger partial charge < -0.3 is 14.5 Å². The summed E-state index contributed by atoms with van der Waals surface area (Å²) in [4.78, 5) is 12.3. The fourth-order valence-electron chi connectivity index (χ4n) is 3.56. The lowest BCUT2D eigenvalue weighted by Gasteiger charge is -2.20. The van der Waals surface area contributed by atoms with Crippen LogP contribution in [0.1, 0.15) is 30.5 Å². The van der Waals surface area contributed by atoms with Crippen molar-refractivity contribution in [1.29, 1.82) is 0 Å². The molecule has 0 aliphatic rings. The van der Waals surface area contributed by atoms with E-state index in [2.05, 4.69) is 5.32 Å². The molecule has 0 atom stereocenters. The van der Waals surface area contributed by atoms with E-state index in [1.807, 2.05) is 26.0 Å². The second kappa shape index (κ2) is 9.11. The summed E-state index contributed by atoms with van der Waals surface area (Å²) in [6, 6.07) is 10.1. The SMILES string of the molecule is CCN(CC)S(=O)(=O)c1ccc(OC)c(NCc2cc(=O)oc3c(C)c(C)ccc23)c1. The van der Waals surface area contributed by atoms with Gasteiger partial charge in [0, 0.05) is 31.1 Å². The molecule has 31 heavy (non-hydrogen) atoms. The number of rotatable bonds is 8. The van der Waals surface area contributed by atoms with Gasteiger partial charge in [0.05, 0.1) is 17.7 Å². The Morgan fingerprint density at radius 2 is 1.77 bits per heavy atom. The van der Waals surface area contributed by atoms with Gasteiger partial charge in [0.2, 0.25) is 10.0 Å². The van der Waals surface area contributed by atoms with Gasteiger partial charge >= 0.3 is 5.63 Å². The van der Waals surface area contributed by atoms with E-state index in [4.69, 9.17) is 9.15 Å². The summed E-state index contributed by atoms with van der Waals surface area (Å²) in [7, 11) is -2.09. The van der Waals surface area contributed by atoms with Crippen molar-refractivity contribution in [3.05, 3.63) is 63.5 Å². The lowest BCUT2D eigenvalue weighted by molar-refractivity contribution is 0.415. The number of ether oxygens (including phenoxy) is 1.